The Hall–Kier alpha value is -3.00. The summed E-state index contributed by atoms with van der Waals surface area (Å²) in [5.74, 6) is 2.00. The van der Waals surface area contributed by atoms with Crippen LogP contribution in [0, 0.1) is 13.8 Å². The standard InChI is InChI=1S/C21H23N5O2S/c1-14-13-29-21(22-14)25-19-12-17(23-15(2)24-19)18-7-3-4-10-26(18)20(27)9-8-16-6-5-11-28-16/h5-6,8-9,11-13,18H,3-4,7,10H2,1-2H3,(H,22,23,24,25)/b9-8+/t18-/m0/s1. The summed E-state index contributed by atoms with van der Waals surface area (Å²) in [7, 11) is 0. The number of furan rings is 1. The third-order valence-corrected chi connectivity index (χ3v) is 5.65. The molecule has 7 nitrogen and oxygen atoms in total. The number of hydrogen-bond acceptors (Lipinski definition) is 7. The van der Waals surface area contributed by atoms with Crippen molar-refractivity contribution in [2.75, 3.05) is 11.9 Å². The molecule has 29 heavy (non-hydrogen) atoms. The first-order valence-corrected chi connectivity index (χ1v) is 10.5. The van der Waals surface area contributed by atoms with Gasteiger partial charge in [-0.1, -0.05) is 0 Å². The molecule has 4 heterocycles. The van der Waals surface area contributed by atoms with Crippen molar-refractivity contribution in [3.8, 4) is 0 Å². The van der Waals surface area contributed by atoms with E-state index in [-0.39, 0.29) is 11.9 Å². The minimum absolute atomic E-state index is 0.0348. The number of nitrogens with one attached hydrogen (secondary N) is 1. The van der Waals surface area contributed by atoms with E-state index >= 15 is 0 Å². The van der Waals surface area contributed by atoms with E-state index in [1.54, 1.807) is 24.5 Å². The van der Waals surface area contributed by atoms with Crippen LogP contribution >= 0.6 is 11.3 Å². The molecule has 0 spiro atoms. The molecule has 0 saturated carbocycles. The summed E-state index contributed by atoms with van der Waals surface area (Å²) in [5.41, 5.74) is 1.82. The lowest BCUT2D eigenvalue weighted by Crippen LogP contribution is -2.38. The first-order chi connectivity index (χ1) is 14.1. The van der Waals surface area contributed by atoms with E-state index in [9.17, 15) is 4.79 Å². The van der Waals surface area contributed by atoms with Crippen LogP contribution in [0.3, 0.4) is 0 Å². The van der Waals surface area contributed by atoms with Gasteiger partial charge in [-0.2, -0.15) is 0 Å². The SMILES string of the molecule is Cc1csc(Nc2cc([C@@H]3CCCCN3C(=O)/C=C/c3ccco3)nc(C)n2)n1. The fraction of sp³-hybridized carbons (Fsp3) is 0.333. The minimum Gasteiger partial charge on any atom is -0.465 e. The van der Waals surface area contributed by atoms with Crippen molar-refractivity contribution in [2.24, 2.45) is 0 Å². The zero-order valence-electron chi connectivity index (χ0n) is 16.5. The van der Waals surface area contributed by atoms with Gasteiger partial charge in [0.15, 0.2) is 5.13 Å². The number of amides is 1. The molecular formula is C21H23N5O2S. The molecule has 8 heteroatoms. The van der Waals surface area contributed by atoms with Gasteiger partial charge in [0.1, 0.15) is 17.4 Å². The second-order valence-electron chi connectivity index (χ2n) is 7.04. The predicted molar refractivity (Wildman–Crippen MR) is 113 cm³/mol. The Labute approximate surface area is 173 Å². The van der Waals surface area contributed by atoms with Crippen molar-refractivity contribution < 1.29 is 9.21 Å². The molecular weight excluding hydrogens is 386 g/mol. The zero-order chi connectivity index (χ0) is 20.2. The van der Waals surface area contributed by atoms with Crippen molar-refractivity contribution >= 4 is 34.3 Å². The minimum atomic E-state index is -0.0715. The van der Waals surface area contributed by atoms with Gasteiger partial charge < -0.3 is 14.6 Å². The van der Waals surface area contributed by atoms with Crippen molar-refractivity contribution in [3.05, 3.63) is 58.9 Å². The van der Waals surface area contributed by atoms with E-state index in [1.807, 2.05) is 36.3 Å². The molecule has 3 aromatic heterocycles. The Bertz CT molecular complexity index is 1010. The summed E-state index contributed by atoms with van der Waals surface area (Å²) in [4.78, 5) is 28.3. The molecule has 1 atom stereocenters. The number of nitrogens with zero attached hydrogens (tertiary/aromatic N) is 4. The van der Waals surface area contributed by atoms with Crippen LogP contribution in [0.1, 0.15) is 48.3 Å². The number of thiazole rings is 1. The maximum Gasteiger partial charge on any atom is 0.247 e. The number of carbonyl (C=O) groups is 1. The monoisotopic (exact) mass is 409 g/mol. The molecule has 0 radical (unpaired) electrons. The van der Waals surface area contributed by atoms with Crippen LogP contribution in [0.2, 0.25) is 0 Å². The van der Waals surface area contributed by atoms with Crippen LogP contribution in [0.4, 0.5) is 10.9 Å². The quantitative estimate of drug-likeness (QED) is 0.617. The highest BCUT2D eigenvalue weighted by Gasteiger charge is 2.28. The average Bonchev–Trinajstić information content (AvgIpc) is 3.37. The first-order valence-electron chi connectivity index (χ1n) is 9.65. The van der Waals surface area contributed by atoms with Gasteiger partial charge in [-0.25, -0.2) is 15.0 Å². The molecule has 1 N–H and O–H groups in total. The number of hydrogen-bond donors (Lipinski definition) is 1. The van der Waals surface area contributed by atoms with Crippen LogP contribution in [-0.2, 0) is 4.79 Å². The predicted octanol–water partition coefficient (Wildman–Crippen LogP) is 4.65. The molecule has 4 rings (SSSR count). The summed E-state index contributed by atoms with van der Waals surface area (Å²) in [6.07, 6.45) is 7.81. The van der Waals surface area contributed by atoms with Crippen LogP contribution in [0.25, 0.3) is 6.08 Å². The second-order valence-corrected chi connectivity index (χ2v) is 7.89. The van der Waals surface area contributed by atoms with Gasteiger partial charge in [0.25, 0.3) is 0 Å². The number of rotatable bonds is 5. The third-order valence-electron chi connectivity index (χ3n) is 4.77. The highest BCUT2D eigenvalue weighted by atomic mass is 32.1. The fourth-order valence-electron chi connectivity index (χ4n) is 3.48. The average molecular weight is 410 g/mol. The lowest BCUT2D eigenvalue weighted by molar-refractivity contribution is -0.129. The molecule has 0 aromatic carbocycles. The summed E-state index contributed by atoms with van der Waals surface area (Å²) in [6.45, 7) is 4.54. The van der Waals surface area contributed by atoms with Gasteiger partial charge in [0.05, 0.1) is 23.7 Å². The molecule has 3 aromatic rings. The maximum atomic E-state index is 12.9. The molecule has 0 aliphatic carbocycles. The molecule has 1 saturated heterocycles. The van der Waals surface area contributed by atoms with E-state index < -0.39 is 0 Å². The van der Waals surface area contributed by atoms with Crippen molar-refractivity contribution in [2.45, 2.75) is 39.2 Å². The Kier molecular flexibility index (Phi) is 5.71. The smallest absolute Gasteiger partial charge is 0.247 e. The highest BCUT2D eigenvalue weighted by molar-refractivity contribution is 7.13. The Morgan fingerprint density at radius 1 is 1.31 bits per heavy atom. The van der Waals surface area contributed by atoms with Crippen LogP contribution in [-0.4, -0.2) is 32.3 Å². The van der Waals surface area contributed by atoms with Gasteiger partial charge in [-0.3, -0.25) is 4.79 Å². The summed E-state index contributed by atoms with van der Waals surface area (Å²) in [6, 6.07) is 5.48. The number of aromatic nitrogens is 3. The van der Waals surface area contributed by atoms with E-state index in [1.165, 1.54) is 11.3 Å². The fourth-order valence-corrected chi connectivity index (χ4v) is 4.18. The van der Waals surface area contributed by atoms with Crippen LogP contribution in [0.5, 0.6) is 0 Å². The zero-order valence-corrected chi connectivity index (χ0v) is 17.3. The number of aryl methyl sites for hydroxylation is 2. The van der Waals surface area contributed by atoms with Crippen molar-refractivity contribution in [1.82, 2.24) is 19.9 Å². The molecule has 1 fully saturated rings. The number of piperidine rings is 1. The van der Waals surface area contributed by atoms with Gasteiger partial charge in [0.2, 0.25) is 5.91 Å². The van der Waals surface area contributed by atoms with E-state index in [0.29, 0.717) is 23.9 Å². The van der Waals surface area contributed by atoms with E-state index in [2.05, 4.69) is 20.3 Å². The molecule has 0 unspecified atom stereocenters. The maximum absolute atomic E-state index is 12.9. The molecule has 150 valence electrons. The lowest BCUT2D eigenvalue weighted by Gasteiger charge is -2.35. The number of likely N-dealkylation sites (tertiary alicyclic amines) is 1. The molecule has 0 bridgehead atoms. The molecule has 1 aliphatic rings. The van der Waals surface area contributed by atoms with Gasteiger partial charge in [0, 0.05) is 24.1 Å². The van der Waals surface area contributed by atoms with E-state index in [4.69, 9.17) is 4.42 Å². The van der Waals surface area contributed by atoms with Crippen LogP contribution < -0.4 is 5.32 Å². The van der Waals surface area contributed by atoms with E-state index in [0.717, 1.165) is 35.8 Å². The normalized spacial score (nSPS) is 17.0. The molecule has 1 aliphatic heterocycles. The highest BCUT2D eigenvalue weighted by Crippen LogP contribution is 2.32. The Morgan fingerprint density at radius 2 is 2.21 bits per heavy atom. The largest absolute Gasteiger partial charge is 0.465 e. The van der Waals surface area contributed by atoms with Crippen molar-refractivity contribution in [3.63, 3.8) is 0 Å². The summed E-state index contributed by atoms with van der Waals surface area (Å²) in [5, 5.41) is 6.05. The topological polar surface area (TPSA) is 84.2 Å². The number of carbonyl (C=O) groups excluding carboxylic acids is 1. The van der Waals surface area contributed by atoms with Gasteiger partial charge >= 0.3 is 0 Å². The summed E-state index contributed by atoms with van der Waals surface area (Å²) >= 11 is 1.54. The Morgan fingerprint density at radius 3 is 2.97 bits per heavy atom. The van der Waals surface area contributed by atoms with Crippen LogP contribution in [0.15, 0.2) is 40.3 Å². The Balaban J connectivity index is 1.56. The van der Waals surface area contributed by atoms with Crippen molar-refractivity contribution in [1.29, 1.82) is 0 Å². The summed E-state index contributed by atoms with van der Waals surface area (Å²) < 4.78 is 5.28. The lowest BCUT2D eigenvalue weighted by atomic mass is 9.98. The third kappa shape index (κ3) is 4.71. The van der Waals surface area contributed by atoms with Gasteiger partial charge in [-0.05, 0) is 51.3 Å². The first kappa shape index (κ1) is 19.3. The molecule has 1 amide bonds. The van der Waals surface area contributed by atoms with Gasteiger partial charge in [-0.15, -0.1) is 11.3 Å². The second kappa shape index (κ2) is 8.57. The number of anilines is 2.